The first kappa shape index (κ1) is 17.3. The lowest BCUT2D eigenvalue weighted by Gasteiger charge is -2.34. The van der Waals surface area contributed by atoms with Crippen molar-refractivity contribution in [2.45, 2.75) is 6.18 Å². The highest BCUT2D eigenvalue weighted by Gasteiger charge is 2.37. The first-order valence-corrected chi connectivity index (χ1v) is 9.03. The summed E-state index contributed by atoms with van der Waals surface area (Å²) in [6.07, 6.45) is -4.41. The number of hydrogen-bond acceptors (Lipinski definition) is 6. The van der Waals surface area contributed by atoms with Gasteiger partial charge in [-0.2, -0.15) is 13.2 Å². The van der Waals surface area contributed by atoms with E-state index in [9.17, 15) is 13.2 Å². The van der Waals surface area contributed by atoms with Gasteiger partial charge >= 0.3 is 6.18 Å². The van der Waals surface area contributed by atoms with Gasteiger partial charge < -0.3 is 9.80 Å². The van der Waals surface area contributed by atoms with E-state index in [1.54, 1.807) is 12.1 Å². The molecule has 0 saturated carbocycles. The fourth-order valence-electron chi connectivity index (χ4n) is 3.17. The van der Waals surface area contributed by atoms with Gasteiger partial charge in [-0.3, -0.25) is 5.01 Å². The lowest BCUT2D eigenvalue weighted by atomic mass is 10.2. The summed E-state index contributed by atoms with van der Waals surface area (Å²) in [6, 6.07) is 8.41. The maximum Gasteiger partial charge on any atom is 0.425 e. The zero-order chi connectivity index (χ0) is 18.5. The zero-order valence-corrected chi connectivity index (χ0v) is 14.9. The van der Waals surface area contributed by atoms with Crippen LogP contribution in [0.25, 0.3) is 0 Å². The van der Waals surface area contributed by atoms with Gasteiger partial charge in [0.2, 0.25) is 0 Å². The van der Waals surface area contributed by atoms with Crippen molar-refractivity contribution >= 4 is 33.5 Å². The van der Waals surface area contributed by atoms with Crippen LogP contribution in [-0.2, 0) is 6.18 Å². The molecule has 2 N–H and O–H groups in total. The lowest BCUT2D eigenvalue weighted by molar-refractivity contribution is -0.134. The number of alkyl halides is 3. The van der Waals surface area contributed by atoms with Crippen molar-refractivity contribution < 1.29 is 13.2 Å². The van der Waals surface area contributed by atoms with Crippen LogP contribution in [0.4, 0.5) is 29.5 Å². The van der Waals surface area contributed by atoms with E-state index in [1.807, 2.05) is 24.1 Å². The average Bonchev–Trinajstić information content (AvgIpc) is 3.01. The minimum atomic E-state index is -4.41. The van der Waals surface area contributed by atoms with Gasteiger partial charge in [-0.25, -0.2) is 10.8 Å². The van der Waals surface area contributed by atoms with Gasteiger partial charge in [0, 0.05) is 26.2 Å². The molecule has 0 unspecified atom stereocenters. The molecule has 1 saturated heterocycles. The molecule has 1 aromatic carbocycles. The van der Waals surface area contributed by atoms with Crippen LogP contribution in [0, 0.1) is 0 Å². The van der Waals surface area contributed by atoms with Crippen molar-refractivity contribution in [1.82, 2.24) is 9.80 Å². The van der Waals surface area contributed by atoms with E-state index in [0.717, 1.165) is 13.1 Å². The summed E-state index contributed by atoms with van der Waals surface area (Å²) in [7, 11) is 2.03. The number of halogens is 3. The number of nitrogens with zero attached hydrogens (tertiary/aromatic N) is 4. The molecule has 9 heteroatoms. The van der Waals surface area contributed by atoms with E-state index >= 15 is 0 Å². The van der Waals surface area contributed by atoms with Gasteiger partial charge in [0.25, 0.3) is 0 Å². The fourth-order valence-corrected chi connectivity index (χ4v) is 4.12. The summed E-state index contributed by atoms with van der Waals surface area (Å²) in [5.41, 5.74) is 1.68. The number of anilines is 2. The molecule has 26 heavy (non-hydrogen) atoms. The first-order chi connectivity index (χ1) is 12.3. The molecular formula is C17H18F3N5S. The Morgan fingerprint density at radius 1 is 1.12 bits per heavy atom. The van der Waals surface area contributed by atoms with E-state index in [2.05, 4.69) is 4.90 Å². The Labute approximate surface area is 153 Å². The number of piperazine rings is 1. The van der Waals surface area contributed by atoms with Crippen LogP contribution in [0.5, 0.6) is 0 Å². The average molecular weight is 381 g/mol. The molecule has 4 rings (SSSR count). The Hall–Kier alpha value is -2.10. The molecule has 3 heterocycles. The number of rotatable bonds is 0. The number of hydrogen-bond donors (Lipinski definition) is 1. The lowest BCUT2D eigenvalue weighted by Crippen LogP contribution is -2.47. The maximum atomic E-state index is 13.3. The zero-order valence-electron chi connectivity index (χ0n) is 14.1. The highest BCUT2D eigenvalue weighted by atomic mass is 32.1. The van der Waals surface area contributed by atoms with Crippen molar-refractivity contribution in [2.75, 3.05) is 38.2 Å². The van der Waals surface area contributed by atoms with Gasteiger partial charge in [-0.05, 0) is 25.2 Å². The molecule has 0 spiro atoms. The summed E-state index contributed by atoms with van der Waals surface area (Å²) in [5.74, 6) is 6.76. The predicted molar refractivity (Wildman–Crippen MR) is 97.4 cm³/mol. The summed E-state index contributed by atoms with van der Waals surface area (Å²) in [5, 5.41) is 1.68. The molecular weight excluding hydrogens is 363 g/mol. The van der Waals surface area contributed by atoms with E-state index in [1.165, 1.54) is 11.1 Å². The predicted octanol–water partition coefficient (Wildman–Crippen LogP) is 3.42. The van der Waals surface area contributed by atoms with Gasteiger partial charge in [0.15, 0.2) is 0 Å². The molecule has 2 aliphatic heterocycles. The topological polar surface area (TPSA) is 48.1 Å². The molecule has 1 fully saturated rings. The van der Waals surface area contributed by atoms with E-state index in [4.69, 9.17) is 10.8 Å². The largest absolute Gasteiger partial charge is 0.425 e. The number of para-hydroxylation sites is 2. The van der Waals surface area contributed by atoms with Crippen LogP contribution in [-0.4, -0.2) is 48.9 Å². The van der Waals surface area contributed by atoms with Crippen molar-refractivity contribution in [3.63, 3.8) is 0 Å². The second-order valence-electron chi connectivity index (χ2n) is 6.41. The smallest absolute Gasteiger partial charge is 0.353 e. The van der Waals surface area contributed by atoms with Crippen LogP contribution in [0.15, 0.2) is 35.3 Å². The number of likely N-dealkylation sites (N-methyl/N-ethyl adjacent to an activating group) is 1. The molecule has 0 amide bonds. The monoisotopic (exact) mass is 381 g/mol. The van der Waals surface area contributed by atoms with Crippen molar-refractivity contribution in [3.8, 4) is 0 Å². The van der Waals surface area contributed by atoms with E-state index in [-0.39, 0.29) is 0 Å². The molecule has 2 aliphatic rings. The quantitative estimate of drug-likeness (QED) is 0.711. The molecule has 0 radical (unpaired) electrons. The van der Waals surface area contributed by atoms with Gasteiger partial charge in [0.1, 0.15) is 15.7 Å². The SMILES string of the molecule is CN1CCN(C2=Nc3ccccc3N(N)c3sc(C(F)(F)F)cc32)CC1. The van der Waals surface area contributed by atoms with Crippen LogP contribution >= 0.6 is 11.3 Å². The van der Waals surface area contributed by atoms with Crippen LogP contribution in [0.2, 0.25) is 0 Å². The molecule has 138 valence electrons. The number of hydrazine groups is 1. The highest BCUT2D eigenvalue weighted by molar-refractivity contribution is 7.16. The number of thiophene rings is 1. The standard InChI is InChI=1S/C17H18F3N5S/c1-23-6-8-24(9-7-23)15-11-10-14(17(18,19)20)26-16(11)25(21)13-5-3-2-4-12(13)22-15/h2-5,10H,6-9,21H2,1H3. The fraction of sp³-hybridized carbons (Fsp3) is 0.353. The van der Waals surface area contributed by atoms with Crippen LogP contribution < -0.4 is 10.9 Å². The Morgan fingerprint density at radius 3 is 2.50 bits per heavy atom. The number of nitrogens with two attached hydrogens (primary N) is 1. The Bertz CT molecular complexity index is 852. The van der Waals surface area contributed by atoms with Gasteiger partial charge in [-0.15, -0.1) is 11.3 Å². The second kappa shape index (κ2) is 6.26. The van der Waals surface area contributed by atoms with Crippen molar-refractivity contribution in [2.24, 2.45) is 10.8 Å². The highest BCUT2D eigenvalue weighted by Crippen LogP contribution is 2.46. The minimum Gasteiger partial charge on any atom is -0.353 e. The van der Waals surface area contributed by atoms with Crippen molar-refractivity contribution in [1.29, 1.82) is 0 Å². The Balaban J connectivity index is 1.87. The van der Waals surface area contributed by atoms with E-state index in [0.29, 0.717) is 52.2 Å². The normalized spacial score (nSPS) is 18.3. The first-order valence-electron chi connectivity index (χ1n) is 8.22. The molecule has 0 aliphatic carbocycles. The van der Waals surface area contributed by atoms with Gasteiger partial charge in [-0.1, -0.05) is 12.1 Å². The Morgan fingerprint density at radius 2 is 1.81 bits per heavy atom. The summed E-state index contributed by atoms with van der Waals surface area (Å²) in [6.45, 7) is 3.08. The third kappa shape index (κ3) is 2.95. The molecule has 0 atom stereocenters. The van der Waals surface area contributed by atoms with E-state index < -0.39 is 11.1 Å². The van der Waals surface area contributed by atoms with Crippen LogP contribution in [0.1, 0.15) is 10.4 Å². The molecule has 2 aromatic rings. The second-order valence-corrected chi connectivity index (χ2v) is 7.44. The van der Waals surface area contributed by atoms with Gasteiger partial charge in [0.05, 0.1) is 16.9 Å². The number of amidine groups is 1. The third-order valence-corrected chi connectivity index (χ3v) is 5.80. The maximum absolute atomic E-state index is 13.3. The third-order valence-electron chi connectivity index (χ3n) is 4.62. The number of benzene rings is 1. The van der Waals surface area contributed by atoms with Crippen LogP contribution in [0.3, 0.4) is 0 Å². The number of aliphatic imine (C=N–C) groups is 1. The summed E-state index contributed by atoms with van der Waals surface area (Å²) in [4.78, 5) is 8.28. The Kier molecular flexibility index (Phi) is 4.17. The molecule has 1 aromatic heterocycles. The van der Waals surface area contributed by atoms with Crippen molar-refractivity contribution in [3.05, 3.63) is 40.8 Å². The molecule has 0 bridgehead atoms. The molecule has 5 nitrogen and oxygen atoms in total. The minimum absolute atomic E-state index is 0.361. The summed E-state index contributed by atoms with van der Waals surface area (Å²) >= 11 is 0.654. The summed E-state index contributed by atoms with van der Waals surface area (Å²) < 4.78 is 39.9. The number of fused-ring (bicyclic) bond motifs is 2.